The van der Waals surface area contributed by atoms with Gasteiger partial charge in [0.2, 0.25) is 0 Å². The molecule has 1 aliphatic rings. The van der Waals surface area contributed by atoms with Crippen LogP contribution >= 0.6 is 0 Å². The van der Waals surface area contributed by atoms with Gasteiger partial charge in [0.15, 0.2) is 0 Å². The summed E-state index contributed by atoms with van der Waals surface area (Å²) in [7, 11) is 1.96. The van der Waals surface area contributed by atoms with E-state index in [0.29, 0.717) is 0 Å². The standard InChI is InChI=1S/C19H23N/c1-20-19-9-5-8-18(14-19)17-12-10-16(11-13-17)15-6-3-2-4-7-15/h5,8-15,20H,2-4,6-7H2,1H3. The highest BCUT2D eigenvalue weighted by atomic mass is 14.8. The predicted molar refractivity (Wildman–Crippen MR) is 87.3 cm³/mol. The third kappa shape index (κ3) is 2.87. The highest BCUT2D eigenvalue weighted by molar-refractivity contribution is 5.68. The van der Waals surface area contributed by atoms with Crippen LogP contribution in [0.4, 0.5) is 5.69 Å². The van der Waals surface area contributed by atoms with Crippen molar-refractivity contribution in [2.24, 2.45) is 0 Å². The maximum Gasteiger partial charge on any atom is 0.0343 e. The molecule has 20 heavy (non-hydrogen) atoms. The van der Waals surface area contributed by atoms with Gasteiger partial charge in [-0.3, -0.25) is 0 Å². The Morgan fingerprint density at radius 3 is 2.30 bits per heavy atom. The van der Waals surface area contributed by atoms with E-state index in [9.17, 15) is 0 Å². The van der Waals surface area contributed by atoms with Crippen molar-refractivity contribution in [3.63, 3.8) is 0 Å². The SMILES string of the molecule is CNc1cccc(-c2ccc(C3CCCCC3)cc2)c1. The van der Waals surface area contributed by atoms with Gasteiger partial charge in [-0.05, 0) is 47.6 Å². The van der Waals surface area contributed by atoms with Gasteiger partial charge >= 0.3 is 0 Å². The Hall–Kier alpha value is -1.76. The second-order valence-corrected chi connectivity index (χ2v) is 5.79. The van der Waals surface area contributed by atoms with Crippen molar-refractivity contribution in [2.45, 2.75) is 38.0 Å². The smallest absolute Gasteiger partial charge is 0.0343 e. The van der Waals surface area contributed by atoms with Crippen LogP contribution in [0, 0.1) is 0 Å². The maximum atomic E-state index is 3.20. The topological polar surface area (TPSA) is 12.0 Å². The van der Waals surface area contributed by atoms with E-state index in [4.69, 9.17) is 0 Å². The van der Waals surface area contributed by atoms with Gasteiger partial charge in [0, 0.05) is 12.7 Å². The number of hydrogen-bond donors (Lipinski definition) is 1. The van der Waals surface area contributed by atoms with Gasteiger partial charge in [0.1, 0.15) is 0 Å². The third-order valence-corrected chi connectivity index (χ3v) is 4.47. The molecular weight excluding hydrogens is 242 g/mol. The summed E-state index contributed by atoms with van der Waals surface area (Å²) in [5.74, 6) is 0.793. The molecule has 0 heterocycles. The Balaban J connectivity index is 1.81. The second-order valence-electron chi connectivity index (χ2n) is 5.79. The fraction of sp³-hybridized carbons (Fsp3) is 0.368. The molecule has 0 aliphatic heterocycles. The van der Waals surface area contributed by atoms with Crippen molar-refractivity contribution in [2.75, 3.05) is 12.4 Å². The first-order valence-corrected chi connectivity index (χ1v) is 7.75. The molecule has 104 valence electrons. The van der Waals surface area contributed by atoms with Crippen LogP contribution in [-0.4, -0.2) is 7.05 Å². The van der Waals surface area contributed by atoms with E-state index in [1.807, 2.05) is 7.05 Å². The lowest BCUT2D eigenvalue weighted by Crippen LogP contribution is -2.04. The summed E-state index contributed by atoms with van der Waals surface area (Å²) in [6, 6.07) is 17.8. The minimum atomic E-state index is 0.793. The van der Waals surface area contributed by atoms with Gasteiger partial charge in [0.05, 0.1) is 0 Å². The van der Waals surface area contributed by atoms with Gasteiger partial charge < -0.3 is 5.32 Å². The van der Waals surface area contributed by atoms with E-state index in [1.165, 1.54) is 54.5 Å². The Bertz CT molecular complexity index is 550. The molecule has 0 unspecified atom stereocenters. The first-order valence-electron chi connectivity index (χ1n) is 7.75. The summed E-state index contributed by atoms with van der Waals surface area (Å²) in [4.78, 5) is 0. The predicted octanol–water partition coefficient (Wildman–Crippen LogP) is 5.44. The van der Waals surface area contributed by atoms with Gasteiger partial charge in [-0.1, -0.05) is 55.7 Å². The number of rotatable bonds is 3. The molecule has 0 atom stereocenters. The van der Waals surface area contributed by atoms with Crippen molar-refractivity contribution >= 4 is 5.69 Å². The van der Waals surface area contributed by atoms with Crippen LogP contribution in [0.25, 0.3) is 11.1 Å². The van der Waals surface area contributed by atoms with Crippen LogP contribution in [0.3, 0.4) is 0 Å². The zero-order valence-electron chi connectivity index (χ0n) is 12.2. The van der Waals surface area contributed by atoms with E-state index in [0.717, 1.165) is 5.92 Å². The fourth-order valence-electron chi connectivity index (χ4n) is 3.24. The van der Waals surface area contributed by atoms with Gasteiger partial charge in [-0.15, -0.1) is 0 Å². The summed E-state index contributed by atoms with van der Waals surface area (Å²) in [5, 5.41) is 3.20. The van der Waals surface area contributed by atoms with E-state index in [-0.39, 0.29) is 0 Å². The molecule has 1 N–H and O–H groups in total. The zero-order chi connectivity index (χ0) is 13.8. The summed E-state index contributed by atoms with van der Waals surface area (Å²) in [5.41, 5.74) is 5.28. The van der Waals surface area contributed by atoms with Crippen molar-refractivity contribution in [3.8, 4) is 11.1 Å². The van der Waals surface area contributed by atoms with Gasteiger partial charge in [-0.25, -0.2) is 0 Å². The Labute approximate surface area is 122 Å². The molecular formula is C19H23N. The average molecular weight is 265 g/mol. The molecule has 0 radical (unpaired) electrons. The number of hydrogen-bond acceptors (Lipinski definition) is 1. The quantitative estimate of drug-likeness (QED) is 0.778. The fourth-order valence-corrected chi connectivity index (χ4v) is 3.24. The number of nitrogens with one attached hydrogen (secondary N) is 1. The number of anilines is 1. The minimum absolute atomic E-state index is 0.793. The van der Waals surface area contributed by atoms with Crippen molar-refractivity contribution in [1.82, 2.24) is 0 Å². The average Bonchev–Trinajstić information content (AvgIpc) is 2.56. The minimum Gasteiger partial charge on any atom is -0.388 e. The lowest BCUT2D eigenvalue weighted by Gasteiger charge is -2.22. The highest BCUT2D eigenvalue weighted by Gasteiger charge is 2.15. The van der Waals surface area contributed by atoms with Crippen molar-refractivity contribution in [1.29, 1.82) is 0 Å². The molecule has 3 rings (SSSR count). The van der Waals surface area contributed by atoms with Crippen LogP contribution in [0.5, 0.6) is 0 Å². The molecule has 0 spiro atoms. The van der Waals surface area contributed by atoms with Gasteiger partial charge in [0.25, 0.3) is 0 Å². The molecule has 2 aromatic rings. The van der Waals surface area contributed by atoms with E-state index >= 15 is 0 Å². The third-order valence-electron chi connectivity index (χ3n) is 4.47. The van der Waals surface area contributed by atoms with Crippen molar-refractivity contribution < 1.29 is 0 Å². The summed E-state index contributed by atoms with van der Waals surface area (Å²) < 4.78 is 0. The monoisotopic (exact) mass is 265 g/mol. The van der Waals surface area contributed by atoms with Crippen LogP contribution in [0.1, 0.15) is 43.6 Å². The first-order chi connectivity index (χ1) is 9.86. The van der Waals surface area contributed by atoms with E-state index < -0.39 is 0 Å². The largest absolute Gasteiger partial charge is 0.388 e. The molecule has 0 saturated heterocycles. The lowest BCUT2D eigenvalue weighted by molar-refractivity contribution is 0.443. The molecule has 1 fully saturated rings. The first kappa shape index (κ1) is 13.2. The summed E-state index contributed by atoms with van der Waals surface area (Å²) in [6.07, 6.45) is 6.96. The summed E-state index contributed by atoms with van der Waals surface area (Å²) in [6.45, 7) is 0. The second kappa shape index (κ2) is 6.13. The zero-order valence-corrected chi connectivity index (χ0v) is 12.2. The van der Waals surface area contributed by atoms with Crippen LogP contribution in [-0.2, 0) is 0 Å². The Morgan fingerprint density at radius 1 is 0.850 bits per heavy atom. The molecule has 1 saturated carbocycles. The molecule has 0 bridgehead atoms. The molecule has 1 aliphatic carbocycles. The van der Waals surface area contributed by atoms with Crippen molar-refractivity contribution in [3.05, 3.63) is 54.1 Å². The highest BCUT2D eigenvalue weighted by Crippen LogP contribution is 2.33. The number of benzene rings is 2. The van der Waals surface area contributed by atoms with Gasteiger partial charge in [-0.2, -0.15) is 0 Å². The van der Waals surface area contributed by atoms with E-state index in [2.05, 4.69) is 53.8 Å². The van der Waals surface area contributed by atoms with Crippen LogP contribution < -0.4 is 5.32 Å². The molecule has 0 aromatic heterocycles. The normalized spacial score (nSPS) is 16.1. The lowest BCUT2D eigenvalue weighted by atomic mass is 9.84. The maximum absolute atomic E-state index is 3.20. The Morgan fingerprint density at radius 2 is 1.60 bits per heavy atom. The summed E-state index contributed by atoms with van der Waals surface area (Å²) >= 11 is 0. The van der Waals surface area contributed by atoms with E-state index in [1.54, 1.807) is 0 Å². The Kier molecular flexibility index (Phi) is 4.05. The molecule has 0 amide bonds. The molecule has 1 heteroatoms. The van der Waals surface area contributed by atoms with Crippen LogP contribution in [0.2, 0.25) is 0 Å². The van der Waals surface area contributed by atoms with Crippen LogP contribution in [0.15, 0.2) is 48.5 Å². The molecule has 2 aromatic carbocycles. The molecule has 1 nitrogen and oxygen atoms in total.